The van der Waals surface area contributed by atoms with E-state index in [9.17, 15) is 0 Å². The van der Waals surface area contributed by atoms with E-state index < -0.39 is 5.60 Å². The first kappa shape index (κ1) is 17.3. The molecule has 2 heterocycles. The molecule has 2 aromatic carbocycles. The Morgan fingerprint density at radius 3 is 2.64 bits per heavy atom. The molecule has 25 heavy (non-hydrogen) atoms. The van der Waals surface area contributed by atoms with E-state index in [1.807, 2.05) is 24.3 Å². The van der Waals surface area contributed by atoms with Gasteiger partial charge in [0.05, 0.1) is 13.2 Å². The molecule has 0 aliphatic carbocycles. The molecule has 0 saturated carbocycles. The van der Waals surface area contributed by atoms with E-state index in [2.05, 4.69) is 12.1 Å². The highest BCUT2D eigenvalue weighted by Crippen LogP contribution is 2.49. The molecule has 0 aromatic heterocycles. The predicted octanol–water partition coefficient (Wildman–Crippen LogP) is 5.31. The fraction of sp³-hybridized carbons (Fsp3) is 0.400. The quantitative estimate of drug-likeness (QED) is 0.660. The van der Waals surface area contributed by atoms with Gasteiger partial charge in [0.25, 0.3) is 0 Å². The van der Waals surface area contributed by atoms with Crippen molar-refractivity contribution in [2.75, 3.05) is 13.2 Å². The van der Waals surface area contributed by atoms with E-state index in [-0.39, 0.29) is 6.29 Å². The van der Waals surface area contributed by atoms with Crippen LogP contribution in [0.15, 0.2) is 42.5 Å². The van der Waals surface area contributed by atoms with Crippen LogP contribution in [-0.4, -0.2) is 19.5 Å². The van der Waals surface area contributed by atoms with Gasteiger partial charge in [-0.05, 0) is 42.5 Å². The van der Waals surface area contributed by atoms with E-state index in [0.717, 1.165) is 42.6 Å². The van der Waals surface area contributed by atoms with E-state index in [4.69, 9.17) is 37.4 Å². The van der Waals surface area contributed by atoms with Crippen molar-refractivity contribution in [3.63, 3.8) is 0 Å². The molecule has 2 atom stereocenters. The molecular formula is C20H20Cl2O3. The Bertz CT molecular complexity index is 752. The first-order valence-electron chi connectivity index (χ1n) is 8.60. The Morgan fingerprint density at radius 2 is 1.92 bits per heavy atom. The Hall–Kier alpha value is -1.10. The lowest BCUT2D eigenvalue weighted by Crippen LogP contribution is -2.23. The lowest BCUT2D eigenvalue weighted by Gasteiger charge is -2.24. The van der Waals surface area contributed by atoms with Crippen LogP contribution in [0.25, 0.3) is 0 Å². The molecule has 132 valence electrons. The van der Waals surface area contributed by atoms with Gasteiger partial charge in [0, 0.05) is 22.2 Å². The average molecular weight is 379 g/mol. The van der Waals surface area contributed by atoms with Crippen LogP contribution < -0.4 is 0 Å². The Morgan fingerprint density at radius 1 is 1.08 bits per heavy atom. The van der Waals surface area contributed by atoms with Gasteiger partial charge in [-0.15, -0.1) is 0 Å². The van der Waals surface area contributed by atoms with Crippen molar-refractivity contribution >= 4 is 23.2 Å². The third-order valence-corrected chi connectivity index (χ3v) is 5.36. The van der Waals surface area contributed by atoms with Gasteiger partial charge < -0.3 is 14.2 Å². The van der Waals surface area contributed by atoms with Crippen LogP contribution in [0.4, 0.5) is 0 Å². The maximum absolute atomic E-state index is 6.44. The van der Waals surface area contributed by atoms with Gasteiger partial charge in [-0.3, -0.25) is 0 Å². The third kappa shape index (κ3) is 3.57. The zero-order chi connectivity index (χ0) is 17.3. The monoisotopic (exact) mass is 378 g/mol. The number of benzene rings is 2. The molecule has 3 nitrogen and oxygen atoms in total. The Labute approximate surface area is 157 Å². The van der Waals surface area contributed by atoms with Crippen molar-refractivity contribution in [1.29, 1.82) is 0 Å². The third-order valence-electron chi connectivity index (χ3n) is 4.81. The van der Waals surface area contributed by atoms with Crippen molar-refractivity contribution in [3.8, 4) is 0 Å². The molecular weight excluding hydrogens is 359 g/mol. The van der Waals surface area contributed by atoms with Crippen LogP contribution in [0.1, 0.15) is 36.0 Å². The molecule has 0 amide bonds. The minimum absolute atomic E-state index is 0.114. The molecule has 5 heteroatoms. The van der Waals surface area contributed by atoms with Crippen LogP contribution in [0.5, 0.6) is 0 Å². The molecule has 2 unspecified atom stereocenters. The highest BCUT2D eigenvalue weighted by atomic mass is 35.5. The van der Waals surface area contributed by atoms with Gasteiger partial charge in [0.2, 0.25) is 0 Å². The smallest absolute Gasteiger partial charge is 0.158 e. The molecule has 0 spiro atoms. The molecule has 0 N–H and O–H groups in total. The molecule has 2 saturated heterocycles. The van der Waals surface area contributed by atoms with Crippen LogP contribution in [0, 0.1) is 0 Å². The molecule has 2 aromatic rings. The first-order chi connectivity index (χ1) is 12.2. The number of epoxide rings is 1. The van der Waals surface area contributed by atoms with Crippen molar-refractivity contribution in [2.24, 2.45) is 0 Å². The summed E-state index contributed by atoms with van der Waals surface area (Å²) in [5, 5.41) is 1.24. The van der Waals surface area contributed by atoms with Crippen LogP contribution >= 0.6 is 23.2 Å². The van der Waals surface area contributed by atoms with Crippen LogP contribution in [0.3, 0.4) is 0 Å². The summed E-state index contributed by atoms with van der Waals surface area (Å²) in [5.74, 6) is 0. The average Bonchev–Trinajstić information content (AvgIpc) is 3.43. The van der Waals surface area contributed by atoms with Crippen molar-refractivity contribution in [1.82, 2.24) is 0 Å². The van der Waals surface area contributed by atoms with Crippen molar-refractivity contribution in [3.05, 3.63) is 69.2 Å². The number of hydrogen-bond donors (Lipinski definition) is 0. The van der Waals surface area contributed by atoms with Gasteiger partial charge in [0.1, 0.15) is 5.60 Å². The SMILES string of the molecule is Clc1ccc(C2(c3ccccc3COC3CCCCO3)CO2)c(Cl)c1. The maximum atomic E-state index is 6.44. The fourth-order valence-electron chi connectivity index (χ4n) is 3.41. The summed E-state index contributed by atoms with van der Waals surface area (Å²) < 4.78 is 17.6. The number of rotatable bonds is 5. The summed E-state index contributed by atoms with van der Waals surface area (Å²) in [5.41, 5.74) is 2.63. The van der Waals surface area contributed by atoms with Crippen LogP contribution in [0.2, 0.25) is 10.0 Å². The van der Waals surface area contributed by atoms with Gasteiger partial charge in [-0.1, -0.05) is 53.5 Å². The largest absolute Gasteiger partial charge is 0.359 e. The first-order valence-corrected chi connectivity index (χ1v) is 9.36. The zero-order valence-electron chi connectivity index (χ0n) is 13.8. The second kappa shape index (κ2) is 7.26. The lowest BCUT2D eigenvalue weighted by atomic mass is 9.88. The second-order valence-corrected chi connectivity index (χ2v) is 7.35. The van der Waals surface area contributed by atoms with Gasteiger partial charge in [-0.25, -0.2) is 0 Å². The van der Waals surface area contributed by atoms with E-state index in [0.29, 0.717) is 23.3 Å². The van der Waals surface area contributed by atoms with Crippen molar-refractivity contribution < 1.29 is 14.2 Å². The molecule has 2 fully saturated rings. The van der Waals surface area contributed by atoms with Crippen molar-refractivity contribution in [2.45, 2.75) is 37.8 Å². The summed E-state index contributed by atoms with van der Waals surface area (Å²) in [6.07, 6.45) is 3.10. The minimum atomic E-state index is -0.505. The summed E-state index contributed by atoms with van der Waals surface area (Å²) in [6.45, 7) is 1.88. The lowest BCUT2D eigenvalue weighted by molar-refractivity contribution is -0.169. The van der Waals surface area contributed by atoms with E-state index in [1.54, 1.807) is 6.07 Å². The second-order valence-electron chi connectivity index (χ2n) is 6.50. The fourth-order valence-corrected chi connectivity index (χ4v) is 3.97. The molecule has 2 aliphatic heterocycles. The zero-order valence-corrected chi connectivity index (χ0v) is 15.4. The molecule has 0 bridgehead atoms. The van der Waals surface area contributed by atoms with E-state index >= 15 is 0 Å². The summed E-state index contributed by atoms with van der Waals surface area (Å²) in [6, 6.07) is 13.7. The standard InChI is InChI=1S/C20H20Cl2O3/c21-15-8-9-17(18(22)11-15)20(13-25-20)16-6-2-1-5-14(16)12-24-19-7-3-4-10-23-19/h1-2,5-6,8-9,11,19H,3-4,7,10,12-13H2. The Kier molecular flexibility index (Phi) is 5.03. The number of halogens is 2. The Balaban J connectivity index is 1.59. The van der Waals surface area contributed by atoms with Gasteiger partial charge >= 0.3 is 0 Å². The number of hydrogen-bond acceptors (Lipinski definition) is 3. The van der Waals surface area contributed by atoms with Crippen LogP contribution in [-0.2, 0) is 26.4 Å². The van der Waals surface area contributed by atoms with Gasteiger partial charge in [0.15, 0.2) is 6.29 Å². The summed E-state index contributed by atoms with van der Waals surface area (Å²) >= 11 is 12.5. The molecule has 2 aliphatic rings. The molecule has 0 radical (unpaired) electrons. The van der Waals surface area contributed by atoms with Gasteiger partial charge in [-0.2, -0.15) is 0 Å². The topological polar surface area (TPSA) is 31.0 Å². The normalized spacial score (nSPS) is 25.8. The number of ether oxygens (including phenoxy) is 3. The predicted molar refractivity (Wildman–Crippen MR) is 98.0 cm³/mol. The van der Waals surface area contributed by atoms with E-state index in [1.165, 1.54) is 0 Å². The maximum Gasteiger partial charge on any atom is 0.158 e. The molecule has 4 rings (SSSR count). The highest BCUT2D eigenvalue weighted by Gasteiger charge is 2.50. The minimum Gasteiger partial charge on any atom is -0.359 e. The summed E-state index contributed by atoms with van der Waals surface area (Å²) in [7, 11) is 0. The highest BCUT2D eigenvalue weighted by molar-refractivity contribution is 6.35. The summed E-state index contributed by atoms with van der Waals surface area (Å²) in [4.78, 5) is 0.